The summed E-state index contributed by atoms with van der Waals surface area (Å²) in [6.07, 6.45) is 0.864. The Balaban J connectivity index is 1.95. The van der Waals surface area contributed by atoms with Crippen molar-refractivity contribution in [3.63, 3.8) is 0 Å². The molecule has 0 unspecified atom stereocenters. The monoisotopic (exact) mass is 350 g/mol. The number of benzene rings is 2. The van der Waals surface area contributed by atoms with Gasteiger partial charge in [-0.1, -0.05) is 74.5 Å². The zero-order valence-corrected chi connectivity index (χ0v) is 15.4. The molecule has 0 atom stereocenters. The predicted octanol–water partition coefficient (Wildman–Crippen LogP) is 5.80. The van der Waals surface area contributed by atoms with Crippen LogP contribution in [0.25, 0.3) is 11.3 Å². The van der Waals surface area contributed by atoms with E-state index in [0.717, 1.165) is 28.2 Å². The Morgan fingerprint density at radius 2 is 1.60 bits per heavy atom. The molecule has 0 spiro atoms. The van der Waals surface area contributed by atoms with Gasteiger partial charge in [0.1, 0.15) is 5.76 Å². The molecule has 0 bridgehead atoms. The minimum Gasteiger partial charge on any atom is -0.422 e. The van der Waals surface area contributed by atoms with Crippen LogP contribution in [0.3, 0.4) is 0 Å². The molecular weight excluding hydrogens is 328 g/mol. The average Bonchev–Trinajstić information content (AvgIpc) is 2.62. The first-order valence-electron chi connectivity index (χ1n) is 8.52. The second kappa shape index (κ2) is 8.21. The van der Waals surface area contributed by atoms with E-state index in [2.05, 4.69) is 26.0 Å². The van der Waals surface area contributed by atoms with Gasteiger partial charge >= 0.3 is 5.63 Å². The van der Waals surface area contributed by atoms with Crippen LogP contribution < -0.4 is 5.63 Å². The van der Waals surface area contributed by atoms with Crippen LogP contribution in [-0.4, -0.2) is 0 Å². The van der Waals surface area contributed by atoms with Crippen molar-refractivity contribution in [2.75, 3.05) is 0 Å². The molecule has 0 aliphatic rings. The molecule has 0 amide bonds. The number of thioether (sulfide) groups is 1. The summed E-state index contributed by atoms with van der Waals surface area (Å²) in [5, 5.41) is 0. The van der Waals surface area contributed by atoms with Crippen LogP contribution in [-0.2, 0) is 12.2 Å². The second-order valence-electron chi connectivity index (χ2n) is 6.49. The molecule has 3 rings (SSSR count). The first-order chi connectivity index (χ1) is 12.1. The summed E-state index contributed by atoms with van der Waals surface area (Å²) in [4.78, 5) is 13.4. The minimum absolute atomic E-state index is 0.238. The van der Waals surface area contributed by atoms with Gasteiger partial charge in [-0.05, 0) is 29.5 Å². The van der Waals surface area contributed by atoms with Gasteiger partial charge in [-0.25, -0.2) is 4.79 Å². The summed E-state index contributed by atoms with van der Waals surface area (Å²) in [7, 11) is 0. The third-order valence-corrected chi connectivity index (χ3v) is 5.09. The standard InChI is InChI=1S/C22H22O2S/c1-16(2)13-19-14-20(18-11-7-4-8-12-18)24-22(23)21(19)25-15-17-9-5-3-6-10-17/h3-12,14,16H,13,15H2,1-2H3. The van der Waals surface area contributed by atoms with E-state index in [4.69, 9.17) is 4.42 Å². The Labute approximate surface area is 152 Å². The third-order valence-electron chi connectivity index (χ3n) is 3.90. The van der Waals surface area contributed by atoms with Gasteiger partial charge < -0.3 is 4.42 Å². The Bertz CT molecular complexity index is 868. The quantitative estimate of drug-likeness (QED) is 0.526. The van der Waals surface area contributed by atoms with Crippen molar-refractivity contribution in [3.8, 4) is 11.3 Å². The molecule has 2 aromatic carbocycles. The Morgan fingerprint density at radius 1 is 0.960 bits per heavy atom. The number of rotatable bonds is 6. The van der Waals surface area contributed by atoms with Crippen LogP contribution in [0, 0.1) is 5.92 Å². The fraction of sp³-hybridized carbons (Fsp3) is 0.227. The summed E-state index contributed by atoms with van der Waals surface area (Å²) in [6, 6.07) is 22.0. The Morgan fingerprint density at radius 3 is 2.24 bits per heavy atom. The lowest BCUT2D eigenvalue weighted by molar-refractivity contribution is 0.500. The lowest BCUT2D eigenvalue weighted by atomic mass is 10.0. The van der Waals surface area contributed by atoms with Crippen LogP contribution in [0.1, 0.15) is 25.0 Å². The highest BCUT2D eigenvalue weighted by Gasteiger charge is 2.15. The molecule has 3 heteroatoms. The van der Waals surface area contributed by atoms with E-state index in [0.29, 0.717) is 11.7 Å². The van der Waals surface area contributed by atoms with E-state index < -0.39 is 0 Å². The minimum atomic E-state index is -0.238. The maximum atomic E-state index is 12.6. The maximum Gasteiger partial charge on any atom is 0.350 e. The largest absolute Gasteiger partial charge is 0.422 e. The number of hydrogen-bond donors (Lipinski definition) is 0. The topological polar surface area (TPSA) is 30.2 Å². The SMILES string of the molecule is CC(C)Cc1cc(-c2ccccc2)oc(=O)c1SCc1ccccc1. The molecule has 25 heavy (non-hydrogen) atoms. The third kappa shape index (κ3) is 4.64. The van der Waals surface area contributed by atoms with Gasteiger partial charge in [-0.2, -0.15) is 0 Å². The van der Waals surface area contributed by atoms with Crippen molar-refractivity contribution >= 4 is 11.8 Å². The second-order valence-corrected chi connectivity index (χ2v) is 7.48. The van der Waals surface area contributed by atoms with Gasteiger partial charge in [0.25, 0.3) is 0 Å². The Hall–Kier alpha value is -2.26. The molecular formula is C22H22O2S. The smallest absolute Gasteiger partial charge is 0.350 e. The van der Waals surface area contributed by atoms with Crippen molar-refractivity contribution in [1.29, 1.82) is 0 Å². The van der Waals surface area contributed by atoms with Crippen molar-refractivity contribution in [3.05, 3.63) is 88.3 Å². The summed E-state index contributed by atoms with van der Waals surface area (Å²) >= 11 is 1.57. The molecule has 0 fully saturated rings. The molecule has 0 saturated carbocycles. The maximum absolute atomic E-state index is 12.6. The van der Waals surface area contributed by atoms with E-state index in [9.17, 15) is 4.79 Å². The molecule has 1 aromatic heterocycles. The molecule has 128 valence electrons. The van der Waals surface area contributed by atoms with Crippen LogP contribution >= 0.6 is 11.8 Å². The summed E-state index contributed by atoms with van der Waals surface area (Å²) in [5.41, 5.74) is 2.97. The highest BCUT2D eigenvalue weighted by molar-refractivity contribution is 7.98. The van der Waals surface area contributed by atoms with Crippen LogP contribution in [0.2, 0.25) is 0 Å². The average molecular weight is 350 g/mol. The van der Waals surface area contributed by atoms with Gasteiger partial charge in [0.15, 0.2) is 0 Å². The van der Waals surface area contributed by atoms with E-state index in [1.165, 1.54) is 5.56 Å². The highest BCUT2D eigenvalue weighted by atomic mass is 32.2. The zero-order chi connectivity index (χ0) is 17.6. The zero-order valence-electron chi connectivity index (χ0n) is 14.6. The van der Waals surface area contributed by atoms with Crippen molar-refractivity contribution < 1.29 is 4.42 Å². The highest BCUT2D eigenvalue weighted by Crippen LogP contribution is 2.29. The summed E-state index contributed by atoms with van der Waals surface area (Å²) in [5.74, 6) is 1.88. The first-order valence-corrected chi connectivity index (χ1v) is 9.51. The van der Waals surface area contributed by atoms with Gasteiger partial charge in [0.2, 0.25) is 0 Å². The molecule has 0 aliphatic heterocycles. The molecule has 3 aromatic rings. The lowest BCUT2D eigenvalue weighted by Gasteiger charge is -2.12. The first kappa shape index (κ1) is 17.6. The van der Waals surface area contributed by atoms with Crippen LogP contribution in [0.4, 0.5) is 0 Å². The molecule has 2 nitrogen and oxygen atoms in total. The van der Waals surface area contributed by atoms with Crippen molar-refractivity contribution in [2.45, 2.75) is 30.9 Å². The Kier molecular flexibility index (Phi) is 5.77. The lowest BCUT2D eigenvalue weighted by Crippen LogP contribution is -2.09. The predicted molar refractivity (Wildman–Crippen MR) is 105 cm³/mol. The van der Waals surface area contributed by atoms with Gasteiger partial charge in [-0.15, -0.1) is 11.8 Å². The normalized spacial score (nSPS) is 11.0. The van der Waals surface area contributed by atoms with Gasteiger partial charge in [0, 0.05) is 11.3 Å². The van der Waals surface area contributed by atoms with Crippen molar-refractivity contribution in [1.82, 2.24) is 0 Å². The van der Waals surface area contributed by atoms with E-state index in [1.54, 1.807) is 11.8 Å². The molecule has 0 N–H and O–H groups in total. The van der Waals surface area contributed by atoms with Crippen LogP contribution in [0.15, 0.2) is 80.8 Å². The van der Waals surface area contributed by atoms with E-state index >= 15 is 0 Å². The van der Waals surface area contributed by atoms with Crippen molar-refractivity contribution in [2.24, 2.45) is 5.92 Å². The fourth-order valence-electron chi connectivity index (χ4n) is 2.75. The van der Waals surface area contributed by atoms with Crippen LogP contribution in [0.5, 0.6) is 0 Å². The van der Waals surface area contributed by atoms with E-state index in [-0.39, 0.29) is 5.63 Å². The fourth-order valence-corrected chi connectivity index (χ4v) is 3.74. The molecule has 0 saturated heterocycles. The molecule has 0 radical (unpaired) electrons. The summed E-state index contributed by atoms with van der Waals surface area (Å²) in [6.45, 7) is 4.34. The summed E-state index contributed by atoms with van der Waals surface area (Å²) < 4.78 is 5.63. The van der Waals surface area contributed by atoms with Gasteiger partial charge in [-0.3, -0.25) is 0 Å². The van der Waals surface area contributed by atoms with Gasteiger partial charge in [0.05, 0.1) is 4.90 Å². The molecule has 1 heterocycles. The van der Waals surface area contributed by atoms with E-state index in [1.807, 2.05) is 54.6 Å². The number of hydrogen-bond acceptors (Lipinski definition) is 3. The molecule has 0 aliphatic carbocycles.